The summed E-state index contributed by atoms with van der Waals surface area (Å²) < 4.78 is 4.99. The first kappa shape index (κ1) is 16.2. The molecule has 0 bridgehead atoms. The number of hydrogen-bond acceptors (Lipinski definition) is 5. The van der Waals surface area contributed by atoms with E-state index in [9.17, 15) is 9.59 Å². The Hall–Kier alpha value is -2.21. The van der Waals surface area contributed by atoms with Crippen LogP contribution in [0.15, 0.2) is 35.3 Å². The van der Waals surface area contributed by atoms with E-state index in [1.807, 2.05) is 30.3 Å². The summed E-state index contributed by atoms with van der Waals surface area (Å²) >= 11 is 0. The molecule has 1 aliphatic rings. The highest BCUT2D eigenvalue weighted by molar-refractivity contribution is 6.38. The van der Waals surface area contributed by atoms with Crippen LogP contribution in [-0.2, 0) is 20.9 Å². The third-order valence-electron chi connectivity index (χ3n) is 3.74. The number of esters is 1. The molecule has 2 unspecified atom stereocenters. The normalized spacial score (nSPS) is 22.0. The molecule has 0 spiro atoms. The zero-order chi connectivity index (χ0) is 16.1. The third kappa shape index (κ3) is 3.33. The molecule has 2 atom stereocenters. The van der Waals surface area contributed by atoms with Crippen LogP contribution in [0.5, 0.6) is 0 Å². The average Bonchev–Trinajstić information content (AvgIpc) is 2.78. The molecule has 1 aliphatic heterocycles. The summed E-state index contributed by atoms with van der Waals surface area (Å²) in [6.45, 7) is 2.85. The SMILES string of the molecule is CCOC(=O)C(=NC)C1CN(Cc2ccccc2)C(=O)C1N. The fourth-order valence-electron chi connectivity index (χ4n) is 2.64. The minimum Gasteiger partial charge on any atom is -0.462 e. The number of ether oxygens (including phenoxy) is 1. The molecule has 1 fully saturated rings. The predicted octanol–water partition coefficient (Wildman–Crippen LogP) is 0.606. The van der Waals surface area contributed by atoms with E-state index >= 15 is 0 Å². The van der Waals surface area contributed by atoms with E-state index in [1.165, 1.54) is 7.05 Å². The van der Waals surface area contributed by atoms with E-state index in [-0.39, 0.29) is 18.2 Å². The summed E-state index contributed by atoms with van der Waals surface area (Å²) in [7, 11) is 1.52. The molecule has 1 heterocycles. The van der Waals surface area contributed by atoms with Gasteiger partial charge in [0.25, 0.3) is 0 Å². The largest absolute Gasteiger partial charge is 0.462 e. The van der Waals surface area contributed by atoms with Gasteiger partial charge in [0.2, 0.25) is 5.91 Å². The van der Waals surface area contributed by atoms with Gasteiger partial charge in [-0.2, -0.15) is 0 Å². The van der Waals surface area contributed by atoms with Gasteiger partial charge in [0.1, 0.15) is 5.71 Å². The van der Waals surface area contributed by atoms with Crippen LogP contribution in [0.4, 0.5) is 0 Å². The van der Waals surface area contributed by atoms with Crippen LogP contribution in [0.1, 0.15) is 12.5 Å². The fraction of sp³-hybridized carbons (Fsp3) is 0.438. The summed E-state index contributed by atoms with van der Waals surface area (Å²) in [5, 5.41) is 0. The van der Waals surface area contributed by atoms with Gasteiger partial charge in [0.15, 0.2) is 0 Å². The smallest absolute Gasteiger partial charge is 0.352 e. The standard InChI is InChI=1S/C16H21N3O3/c1-3-22-16(21)14(18-2)12-10-19(15(20)13(12)17)9-11-7-5-4-6-8-11/h4-8,12-13H,3,9-10,17H2,1-2H3. The molecule has 1 amide bonds. The Labute approximate surface area is 130 Å². The summed E-state index contributed by atoms with van der Waals surface area (Å²) in [5.41, 5.74) is 7.25. The molecule has 1 aromatic rings. The second kappa shape index (κ2) is 7.17. The Morgan fingerprint density at radius 1 is 1.41 bits per heavy atom. The number of nitrogens with two attached hydrogens (primary N) is 1. The molecule has 2 N–H and O–H groups in total. The Kier molecular flexibility index (Phi) is 5.27. The van der Waals surface area contributed by atoms with Crippen molar-refractivity contribution in [3.05, 3.63) is 35.9 Å². The number of aliphatic imine (C=N–C) groups is 1. The lowest BCUT2D eigenvalue weighted by Crippen LogP contribution is -2.40. The zero-order valence-electron chi connectivity index (χ0n) is 12.9. The van der Waals surface area contributed by atoms with Gasteiger partial charge in [-0.1, -0.05) is 30.3 Å². The van der Waals surface area contributed by atoms with Gasteiger partial charge < -0.3 is 15.4 Å². The van der Waals surface area contributed by atoms with Crippen molar-refractivity contribution in [3.63, 3.8) is 0 Å². The lowest BCUT2D eigenvalue weighted by Gasteiger charge is -2.16. The van der Waals surface area contributed by atoms with E-state index < -0.39 is 17.9 Å². The highest BCUT2D eigenvalue weighted by Gasteiger charge is 2.42. The predicted molar refractivity (Wildman–Crippen MR) is 83.3 cm³/mol. The summed E-state index contributed by atoms with van der Waals surface area (Å²) in [6, 6.07) is 8.91. The number of likely N-dealkylation sites (tertiary alicyclic amines) is 1. The number of hydrogen-bond donors (Lipinski definition) is 1. The lowest BCUT2D eigenvalue weighted by molar-refractivity contribution is -0.135. The number of nitrogens with zero attached hydrogens (tertiary/aromatic N) is 2. The van der Waals surface area contributed by atoms with Crippen LogP contribution in [0, 0.1) is 5.92 Å². The Balaban J connectivity index is 2.12. The van der Waals surface area contributed by atoms with E-state index in [0.29, 0.717) is 13.1 Å². The number of carbonyl (C=O) groups excluding carboxylic acids is 2. The Morgan fingerprint density at radius 2 is 2.09 bits per heavy atom. The molecule has 118 valence electrons. The molecule has 0 aliphatic carbocycles. The maximum Gasteiger partial charge on any atom is 0.352 e. The quantitative estimate of drug-likeness (QED) is 0.638. The number of benzene rings is 1. The van der Waals surface area contributed by atoms with Crippen LogP contribution in [0.25, 0.3) is 0 Å². The molecule has 2 rings (SSSR count). The van der Waals surface area contributed by atoms with E-state index in [0.717, 1.165) is 5.56 Å². The van der Waals surface area contributed by atoms with Gasteiger partial charge in [0, 0.05) is 26.1 Å². The maximum absolute atomic E-state index is 12.3. The first-order valence-corrected chi connectivity index (χ1v) is 7.30. The first-order valence-electron chi connectivity index (χ1n) is 7.30. The van der Waals surface area contributed by atoms with Crippen molar-refractivity contribution in [2.24, 2.45) is 16.6 Å². The molecule has 0 aromatic heterocycles. The lowest BCUT2D eigenvalue weighted by atomic mass is 9.98. The van der Waals surface area contributed by atoms with Gasteiger partial charge in [-0.3, -0.25) is 9.79 Å². The highest BCUT2D eigenvalue weighted by Crippen LogP contribution is 2.21. The molecular formula is C16H21N3O3. The number of carbonyl (C=O) groups is 2. The molecule has 22 heavy (non-hydrogen) atoms. The summed E-state index contributed by atoms with van der Waals surface area (Å²) in [6.07, 6.45) is 0. The minimum absolute atomic E-state index is 0.167. The van der Waals surface area contributed by atoms with Gasteiger partial charge in [-0.15, -0.1) is 0 Å². The van der Waals surface area contributed by atoms with Crippen molar-refractivity contribution < 1.29 is 14.3 Å². The van der Waals surface area contributed by atoms with Crippen LogP contribution >= 0.6 is 0 Å². The molecule has 1 saturated heterocycles. The number of amides is 1. The second-order valence-electron chi connectivity index (χ2n) is 5.17. The third-order valence-corrected chi connectivity index (χ3v) is 3.74. The van der Waals surface area contributed by atoms with Crippen LogP contribution < -0.4 is 5.73 Å². The van der Waals surface area contributed by atoms with Crippen molar-refractivity contribution >= 4 is 17.6 Å². The maximum atomic E-state index is 12.3. The van der Waals surface area contributed by atoms with E-state index in [4.69, 9.17) is 10.5 Å². The fourth-order valence-corrected chi connectivity index (χ4v) is 2.64. The van der Waals surface area contributed by atoms with Crippen LogP contribution in [0.2, 0.25) is 0 Å². The van der Waals surface area contributed by atoms with Crippen molar-refractivity contribution in [2.45, 2.75) is 19.5 Å². The summed E-state index contributed by atoms with van der Waals surface area (Å²) in [4.78, 5) is 29.9. The molecule has 1 aromatic carbocycles. The number of rotatable bonds is 5. The topological polar surface area (TPSA) is 85.0 Å². The summed E-state index contributed by atoms with van der Waals surface area (Å²) in [5.74, 6) is -1.10. The second-order valence-corrected chi connectivity index (χ2v) is 5.17. The minimum atomic E-state index is -0.758. The average molecular weight is 303 g/mol. The molecular weight excluding hydrogens is 282 g/mol. The van der Waals surface area contributed by atoms with Crippen molar-refractivity contribution in [1.29, 1.82) is 0 Å². The van der Waals surface area contributed by atoms with E-state index in [1.54, 1.807) is 11.8 Å². The molecule has 0 radical (unpaired) electrons. The zero-order valence-corrected chi connectivity index (χ0v) is 12.9. The van der Waals surface area contributed by atoms with Crippen molar-refractivity contribution in [2.75, 3.05) is 20.2 Å². The molecule has 6 heteroatoms. The van der Waals surface area contributed by atoms with Gasteiger partial charge >= 0.3 is 5.97 Å². The van der Waals surface area contributed by atoms with Gasteiger partial charge in [-0.25, -0.2) is 4.79 Å². The van der Waals surface area contributed by atoms with Crippen molar-refractivity contribution in [1.82, 2.24) is 4.90 Å². The first-order chi connectivity index (χ1) is 10.6. The Bertz CT molecular complexity index is 571. The van der Waals surface area contributed by atoms with Crippen LogP contribution in [-0.4, -0.2) is 48.7 Å². The molecule has 0 saturated carbocycles. The van der Waals surface area contributed by atoms with Crippen molar-refractivity contribution in [3.8, 4) is 0 Å². The monoisotopic (exact) mass is 303 g/mol. The van der Waals surface area contributed by atoms with E-state index in [2.05, 4.69) is 4.99 Å². The Morgan fingerprint density at radius 3 is 2.68 bits per heavy atom. The van der Waals surface area contributed by atoms with Gasteiger partial charge in [0.05, 0.1) is 12.6 Å². The van der Waals surface area contributed by atoms with Gasteiger partial charge in [-0.05, 0) is 12.5 Å². The molecule has 6 nitrogen and oxygen atoms in total. The highest BCUT2D eigenvalue weighted by atomic mass is 16.5. The van der Waals surface area contributed by atoms with Crippen LogP contribution in [0.3, 0.4) is 0 Å².